The van der Waals surface area contributed by atoms with Crippen LogP contribution in [-0.2, 0) is 0 Å². The average Bonchev–Trinajstić information content (AvgIpc) is 2.77. The average molecular weight is 239 g/mol. The van der Waals surface area contributed by atoms with E-state index in [-0.39, 0.29) is 23.5 Å². The molecule has 0 saturated heterocycles. The Morgan fingerprint density at radius 3 is 2.41 bits per heavy atom. The molecular weight excluding hydrogens is 222 g/mol. The van der Waals surface area contributed by atoms with Crippen LogP contribution in [0.1, 0.15) is 48.3 Å². The van der Waals surface area contributed by atoms with Gasteiger partial charge in [-0.25, -0.2) is 4.79 Å². The molecule has 1 rings (SSSR count). The molecule has 0 spiro atoms. The van der Waals surface area contributed by atoms with Crippen molar-refractivity contribution in [1.29, 1.82) is 0 Å². The van der Waals surface area contributed by atoms with E-state index < -0.39 is 5.97 Å². The normalized spacial score (nSPS) is 14.1. The molecule has 2 atom stereocenters. The van der Waals surface area contributed by atoms with E-state index >= 15 is 0 Å². The van der Waals surface area contributed by atoms with Gasteiger partial charge < -0.3 is 14.8 Å². The number of hydrogen-bond acceptors (Lipinski definition) is 3. The summed E-state index contributed by atoms with van der Waals surface area (Å²) in [6.07, 6.45) is 0.958. The van der Waals surface area contributed by atoms with Crippen LogP contribution in [0.15, 0.2) is 16.5 Å². The summed E-state index contributed by atoms with van der Waals surface area (Å²) in [4.78, 5) is 22.3. The highest BCUT2D eigenvalue weighted by molar-refractivity contribution is 5.93. The molecule has 5 nitrogen and oxygen atoms in total. The number of rotatable bonds is 5. The van der Waals surface area contributed by atoms with Gasteiger partial charge in [-0.15, -0.1) is 0 Å². The van der Waals surface area contributed by atoms with Crippen molar-refractivity contribution in [1.82, 2.24) is 5.32 Å². The van der Waals surface area contributed by atoms with E-state index in [1.54, 1.807) is 0 Å². The molecule has 5 heteroatoms. The summed E-state index contributed by atoms with van der Waals surface area (Å²) in [6.45, 7) is 5.99. The molecule has 1 heterocycles. The van der Waals surface area contributed by atoms with Crippen molar-refractivity contribution < 1.29 is 19.1 Å². The molecule has 0 aliphatic carbocycles. The van der Waals surface area contributed by atoms with Crippen LogP contribution in [0.3, 0.4) is 0 Å². The largest absolute Gasteiger partial charge is 0.475 e. The van der Waals surface area contributed by atoms with Crippen molar-refractivity contribution in [2.24, 2.45) is 5.92 Å². The summed E-state index contributed by atoms with van der Waals surface area (Å²) < 4.78 is 4.91. The summed E-state index contributed by atoms with van der Waals surface area (Å²) in [7, 11) is 0. The fourth-order valence-corrected chi connectivity index (χ4v) is 1.35. The SMILES string of the molecule is CC[C@@H](C)[C@H](C)NC(=O)c1ccc(C(=O)O)o1. The molecule has 0 aliphatic rings. The number of aromatic carboxylic acids is 1. The lowest BCUT2D eigenvalue weighted by atomic mass is 10.0. The van der Waals surface area contributed by atoms with E-state index in [4.69, 9.17) is 9.52 Å². The number of carboxylic acid groups (broad SMARTS) is 1. The van der Waals surface area contributed by atoms with Crippen LogP contribution in [0.25, 0.3) is 0 Å². The molecule has 0 aliphatic heterocycles. The summed E-state index contributed by atoms with van der Waals surface area (Å²) in [5.74, 6) is -1.42. The first-order valence-electron chi connectivity index (χ1n) is 5.59. The number of furan rings is 1. The summed E-state index contributed by atoms with van der Waals surface area (Å²) in [6, 6.07) is 2.65. The number of amides is 1. The highest BCUT2D eigenvalue weighted by Gasteiger charge is 2.18. The van der Waals surface area contributed by atoms with E-state index in [9.17, 15) is 9.59 Å². The molecule has 1 aromatic rings. The van der Waals surface area contributed by atoms with Gasteiger partial charge in [0.1, 0.15) is 0 Å². The fraction of sp³-hybridized carbons (Fsp3) is 0.500. The van der Waals surface area contributed by atoms with Crippen LogP contribution >= 0.6 is 0 Å². The Hall–Kier alpha value is -1.78. The van der Waals surface area contributed by atoms with Gasteiger partial charge in [-0.3, -0.25) is 4.79 Å². The smallest absolute Gasteiger partial charge is 0.371 e. The zero-order valence-corrected chi connectivity index (χ0v) is 10.2. The van der Waals surface area contributed by atoms with Gasteiger partial charge in [-0.05, 0) is 25.0 Å². The summed E-state index contributed by atoms with van der Waals surface area (Å²) >= 11 is 0. The number of carbonyl (C=O) groups is 2. The Balaban J connectivity index is 2.66. The molecular formula is C12H17NO4. The molecule has 2 N–H and O–H groups in total. The molecule has 94 valence electrons. The molecule has 0 unspecified atom stereocenters. The second kappa shape index (κ2) is 5.52. The third-order valence-electron chi connectivity index (χ3n) is 2.90. The molecule has 1 amide bonds. The van der Waals surface area contributed by atoms with Gasteiger partial charge in [0, 0.05) is 6.04 Å². The van der Waals surface area contributed by atoms with E-state index in [0.29, 0.717) is 5.92 Å². The Bertz CT molecular complexity index is 410. The first-order valence-corrected chi connectivity index (χ1v) is 5.59. The maximum absolute atomic E-state index is 11.7. The standard InChI is InChI=1S/C12H17NO4/c1-4-7(2)8(3)13-11(14)9-5-6-10(17-9)12(15)16/h5-8H,4H2,1-3H3,(H,13,14)(H,15,16)/t7-,8+/m1/s1. The first kappa shape index (κ1) is 13.3. The van der Waals surface area contributed by atoms with Gasteiger partial charge in [0.05, 0.1) is 0 Å². The Morgan fingerprint density at radius 1 is 1.35 bits per heavy atom. The maximum atomic E-state index is 11.7. The predicted molar refractivity (Wildman–Crippen MR) is 62.1 cm³/mol. The van der Waals surface area contributed by atoms with Crippen LogP contribution < -0.4 is 5.32 Å². The number of carbonyl (C=O) groups excluding carboxylic acids is 1. The van der Waals surface area contributed by atoms with Gasteiger partial charge in [0.2, 0.25) is 5.76 Å². The second-order valence-corrected chi connectivity index (χ2v) is 4.12. The highest BCUT2D eigenvalue weighted by atomic mass is 16.4. The minimum atomic E-state index is -1.18. The minimum Gasteiger partial charge on any atom is -0.475 e. The quantitative estimate of drug-likeness (QED) is 0.825. The van der Waals surface area contributed by atoms with Gasteiger partial charge in [-0.1, -0.05) is 20.3 Å². The molecule has 0 aromatic carbocycles. The molecule has 0 radical (unpaired) electrons. The van der Waals surface area contributed by atoms with E-state index in [2.05, 4.69) is 5.32 Å². The predicted octanol–water partition coefficient (Wildman–Crippen LogP) is 2.14. The van der Waals surface area contributed by atoms with Crippen molar-refractivity contribution in [2.45, 2.75) is 33.2 Å². The molecule has 1 aromatic heterocycles. The van der Waals surface area contributed by atoms with Crippen molar-refractivity contribution >= 4 is 11.9 Å². The number of nitrogens with one attached hydrogen (secondary N) is 1. The molecule has 0 saturated carbocycles. The summed E-state index contributed by atoms with van der Waals surface area (Å²) in [5.41, 5.74) is 0. The zero-order valence-electron chi connectivity index (χ0n) is 10.2. The third-order valence-corrected chi connectivity index (χ3v) is 2.90. The number of hydrogen-bond donors (Lipinski definition) is 2. The van der Waals surface area contributed by atoms with Crippen LogP contribution in [-0.4, -0.2) is 23.0 Å². The Labute approximate surface area is 99.8 Å². The fourth-order valence-electron chi connectivity index (χ4n) is 1.35. The minimum absolute atomic E-state index is 0.0193. The van der Waals surface area contributed by atoms with Crippen LogP contribution in [0.4, 0.5) is 0 Å². The molecule has 17 heavy (non-hydrogen) atoms. The Kier molecular flexibility index (Phi) is 4.31. The highest BCUT2D eigenvalue weighted by Crippen LogP contribution is 2.10. The first-order chi connectivity index (χ1) is 7.95. The van der Waals surface area contributed by atoms with Gasteiger partial charge in [0.25, 0.3) is 5.91 Å². The monoisotopic (exact) mass is 239 g/mol. The lowest BCUT2D eigenvalue weighted by Gasteiger charge is -2.18. The van der Waals surface area contributed by atoms with E-state index in [1.165, 1.54) is 12.1 Å². The Morgan fingerprint density at radius 2 is 1.94 bits per heavy atom. The van der Waals surface area contributed by atoms with Crippen LogP contribution in [0.2, 0.25) is 0 Å². The van der Waals surface area contributed by atoms with Crippen molar-refractivity contribution in [3.63, 3.8) is 0 Å². The third kappa shape index (κ3) is 3.34. The number of carboxylic acids is 1. The maximum Gasteiger partial charge on any atom is 0.371 e. The molecule has 0 bridgehead atoms. The van der Waals surface area contributed by atoms with Crippen molar-refractivity contribution in [2.75, 3.05) is 0 Å². The van der Waals surface area contributed by atoms with Crippen molar-refractivity contribution in [3.05, 3.63) is 23.7 Å². The van der Waals surface area contributed by atoms with E-state index in [0.717, 1.165) is 6.42 Å². The van der Waals surface area contributed by atoms with Gasteiger partial charge in [-0.2, -0.15) is 0 Å². The van der Waals surface area contributed by atoms with E-state index in [1.807, 2.05) is 20.8 Å². The lowest BCUT2D eigenvalue weighted by molar-refractivity contribution is 0.0659. The lowest BCUT2D eigenvalue weighted by Crippen LogP contribution is -2.36. The summed E-state index contributed by atoms with van der Waals surface area (Å²) in [5, 5.41) is 11.4. The van der Waals surface area contributed by atoms with Gasteiger partial charge in [0.15, 0.2) is 5.76 Å². The zero-order chi connectivity index (χ0) is 13.0. The molecule has 0 fully saturated rings. The topological polar surface area (TPSA) is 79.5 Å². The van der Waals surface area contributed by atoms with Crippen LogP contribution in [0.5, 0.6) is 0 Å². The van der Waals surface area contributed by atoms with Crippen LogP contribution in [0, 0.1) is 5.92 Å². The second-order valence-electron chi connectivity index (χ2n) is 4.12. The van der Waals surface area contributed by atoms with Gasteiger partial charge >= 0.3 is 5.97 Å². The van der Waals surface area contributed by atoms with Crippen molar-refractivity contribution in [3.8, 4) is 0 Å².